The van der Waals surface area contributed by atoms with Crippen molar-refractivity contribution in [3.05, 3.63) is 35.1 Å². The van der Waals surface area contributed by atoms with E-state index < -0.39 is 0 Å². The van der Waals surface area contributed by atoms with Gasteiger partial charge in [-0.3, -0.25) is 4.79 Å². The Bertz CT molecular complexity index is 352. The van der Waals surface area contributed by atoms with E-state index in [-0.39, 0.29) is 16.4 Å². The van der Waals surface area contributed by atoms with E-state index in [1.807, 2.05) is 0 Å². The van der Waals surface area contributed by atoms with Crippen LogP contribution in [0.5, 0.6) is 0 Å². The van der Waals surface area contributed by atoms with E-state index in [1.165, 1.54) is 12.1 Å². The van der Waals surface area contributed by atoms with E-state index in [2.05, 4.69) is 31.9 Å². The van der Waals surface area contributed by atoms with Crippen LogP contribution in [0.1, 0.15) is 15.9 Å². The van der Waals surface area contributed by atoms with Gasteiger partial charge in [0.05, 0.1) is 4.83 Å². The average molecular weight is 324 g/mol. The molecule has 0 saturated heterocycles. The predicted octanol–water partition coefficient (Wildman–Crippen LogP) is 3.48. The maximum absolute atomic E-state index is 12.9. The van der Waals surface area contributed by atoms with Gasteiger partial charge in [-0.2, -0.15) is 0 Å². The molecule has 0 amide bonds. The van der Waals surface area contributed by atoms with Crippen molar-refractivity contribution in [2.45, 2.75) is 11.8 Å². The molecule has 0 radical (unpaired) electrons. The number of hydrogen-bond acceptors (Lipinski definition) is 1. The van der Waals surface area contributed by atoms with Crippen LogP contribution >= 0.6 is 31.9 Å². The Morgan fingerprint density at radius 2 is 2.21 bits per heavy atom. The van der Waals surface area contributed by atoms with Gasteiger partial charge in [-0.05, 0) is 24.6 Å². The summed E-state index contributed by atoms with van der Waals surface area (Å²) in [5.41, 5.74) is 1.23. The van der Waals surface area contributed by atoms with Crippen LogP contribution < -0.4 is 0 Å². The van der Waals surface area contributed by atoms with Gasteiger partial charge in [0.25, 0.3) is 0 Å². The number of hydrogen-bond donors (Lipinski definition) is 0. The number of alkyl halides is 2. The molecule has 0 aliphatic rings. The summed E-state index contributed by atoms with van der Waals surface area (Å²) in [5, 5.41) is 0.516. The Morgan fingerprint density at radius 3 is 2.79 bits per heavy atom. The molecule has 1 rings (SSSR count). The minimum Gasteiger partial charge on any atom is -0.293 e. The lowest BCUT2D eigenvalue weighted by Gasteiger charge is -2.07. The molecule has 1 atom stereocenters. The summed E-state index contributed by atoms with van der Waals surface area (Å²) >= 11 is 6.41. The van der Waals surface area contributed by atoms with Gasteiger partial charge in [0.1, 0.15) is 5.82 Å². The Hall–Kier alpha value is -0.220. The highest BCUT2D eigenvalue weighted by molar-refractivity contribution is 9.12. The number of rotatable bonds is 3. The minimum absolute atomic E-state index is 0.0983. The first-order valence-electron chi connectivity index (χ1n) is 4.06. The van der Waals surface area contributed by atoms with E-state index in [9.17, 15) is 9.18 Å². The van der Waals surface area contributed by atoms with Gasteiger partial charge in [0.2, 0.25) is 0 Å². The highest BCUT2D eigenvalue weighted by atomic mass is 79.9. The van der Waals surface area contributed by atoms with E-state index in [0.717, 1.165) is 5.56 Å². The van der Waals surface area contributed by atoms with Crippen molar-refractivity contribution in [2.75, 3.05) is 5.33 Å². The molecule has 76 valence electrons. The number of benzene rings is 1. The fraction of sp³-hybridized carbons (Fsp3) is 0.300. The fourth-order valence-corrected chi connectivity index (χ4v) is 1.64. The molecule has 0 saturated carbocycles. The first-order chi connectivity index (χ1) is 6.56. The van der Waals surface area contributed by atoms with Gasteiger partial charge in [-0.15, -0.1) is 0 Å². The van der Waals surface area contributed by atoms with Crippen LogP contribution in [0, 0.1) is 12.7 Å². The van der Waals surface area contributed by atoms with E-state index in [0.29, 0.717) is 10.9 Å². The lowest BCUT2D eigenvalue weighted by atomic mass is 10.0. The molecular weight excluding hydrogens is 315 g/mol. The van der Waals surface area contributed by atoms with Crippen LogP contribution in [0.2, 0.25) is 0 Å². The molecule has 0 aromatic heterocycles. The quantitative estimate of drug-likeness (QED) is 0.615. The van der Waals surface area contributed by atoms with Crippen molar-refractivity contribution < 1.29 is 9.18 Å². The maximum atomic E-state index is 12.9. The van der Waals surface area contributed by atoms with Gasteiger partial charge < -0.3 is 0 Å². The van der Waals surface area contributed by atoms with Crippen molar-refractivity contribution >= 4 is 37.6 Å². The SMILES string of the molecule is Cc1ccc(F)cc1C(=O)C(Br)CBr. The molecule has 0 fully saturated rings. The van der Waals surface area contributed by atoms with E-state index >= 15 is 0 Å². The van der Waals surface area contributed by atoms with Gasteiger partial charge in [0.15, 0.2) is 5.78 Å². The Balaban J connectivity index is 3.06. The minimum atomic E-state index is -0.381. The number of carbonyl (C=O) groups is 1. The fourth-order valence-electron chi connectivity index (χ4n) is 1.10. The molecule has 0 aliphatic heterocycles. The van der Waals surface area contributed by atoms with E-state index in [4.69, 9.17) is 0 Å². The first kappa shape index (κ1) is 11.9. The van der Waals surface area contributed by atoms with Crippen molar-refractivity contribution in [1.29, 1.82) is 0 Å². The second-order valence-corrected chi connectivity index (χ2v) is 4.70. The number of aryl methyl sites for hydroxylation is 1. The second-order valence-electron chi connectivity index (χ2n) is 2.95. The topological polar surface area (TPSA) is 17.1 Å². The summed E-state index contributed by atoms with van der Waals surface area (Å²) in [6.07, 6.45) is 0. The zero-order valence-electron chi connectivity index (χ0n) is 7.56. The van der Waals surface area contributed by atoms with Crippen molar-refractivity contribution in [1.82, 2.24) is 0 Å². The Labute approximate surface area is 99.0 Å². The zero-order chi connectivity index (χ0) is 10.7. The highest BCUT2D eigenvalue weighted by Crippen LogP contribution is 2.17. The van der Waals surface area contributed by atoms with Crippen LogP contribution in [0.15, 0.2) is 18.2 Å². The predicted molar refractivity (Wildman–Crippen MR) is 62.0 cm³/mol. The summed E-state index contributed by atoms with van der Waals surface area (Å²) < 4.78 is 12.9. The largest absolute Gasteiger partial charge is 0.293 e. The monoisotopic (exact) mass is 322 g/mol. The van der Waals surface area contributed by atoms with Crippen molar-refractivity contribution in [3.8, 4) is 0 Å². The molecule has 0 spiro atoms. The molecule has 1 aromatic carbocycles. The molecule has 0 N–H and O–H groups in total. The van der Waals surface area contributed by atoms with Crippen LogP contribution in [0.3, 0.4) is 0 Å². The van der Waals surface area contributed by atoms with E-state index in [1.54, 1.807) is 13.0 Å². The number of Topliss-reactive ketones (excluding diaryl/α,β-unsaturated/α-hetero) is 1. The lowest BCUT2D eigenvalue weighted by Crippen LogP contribution is -2.16. The average Bonchev–Trinajstić information content (AvgIpc) is 2.19. The molecule has 0 aliphatic carbocycles. The molecular formula is C10H9Br2FO. The smallest absolute Gasteiger partial charge is 0.177 e. The van der Waals surface area contributed by atoms with Crippen molar-refractivity contribution in [3.63, 3.8) is 0 Å². The normalized spacial score (nSPS) is 12.6. The first-order valence-corrected chi connectivity index (χ1v) is 6.10. The van der Waals surface area contributed by atoms with Crippen molar-refractivity contribution in [2.24, 2.45) is 0 Å². The number of halogens is 3. The third-order valence-electron chi connectivity index (χ3n) is 1.89. The van der Waals surface area contributed by atoms with Gasteiger partial charge >= 0.3 is 0 Å². The van der Waals surface area contributed by atoms with Crippen LogP contribution in [0.4, 0.5) is 4.39 Å². The molecule has 14 heavy (non-hydrogen) atoms. The van der Waals surface area contributed by atoms with Gasteiger partial charge in [0, 0.05) is 10.9 Å². The Morgan fingerprint density at radius 1 is 1.57 bits per heavy atom. The Kier molecular flexibility index (Phi) is 4.26. The maximum Gasteiger partial charge on any atom is 0.177 e. The number of ketones is 1. The van der Waals surface area contributed by atoms with Crippen LogP contribution in [0.25, 0.3) is 0 Å². The third kappa shape index (κ3) is 2.64. The summed E-state index contributed by atoms with van der Waals surface area (Å²) in [7, 11) is 0. The molecule has 1 unspecified atom stereocenters. The summed E-state index contributed by atoms with van der Waals surface area (Å²) in [6.45, 7) is 1.79. The molecule has 1 nitrogen and oxygen atoms in total. The lowest BCUT2D eigenvalue weighted by molar-refractivity contribution is 0.0996. The highest BCUT2D eigenvalue weighted by Gasteiger charge is 2.17. The molecule has 4 heteroatoms. The third-order valence-corrected chi connectivity index (χ3v) is 4.14. The number of carbonyl (C=O) groups excluding carboxylic acids is 1. The van der Waals surface area contributed by atoms with Crippen LogP contribution in [-0.4, -0.2) is 15.9 Å². The summed E-state index contributed by atoms with van der Waals surface area (Å²) in [4.78, 5) is 11.4. The molecule has 0 heterocycles. The molecule has 0 bridgehead atoms. The molecule has 1 aromatic rings. The second kappa shape index (κ2) is 5.03. The van der Waals surface area contributed by atoms with Gasteiger partial charge in [-0.1, -0.05) is 37.9 Å². The standard InChI is InChI=1S/C10H9Br2FO/c1-6-2-3-7(13)4-8(6)10(14)9(12)5-11/h2-4,9H,5H2,1H3. The van der Waals surface area contributed by atoms with Crippen LogP contribution in [-0.2, 0) is 0 Å². The summed E-state index contributed by atoms with van der Waals surface area (Å²) in [5.74, 6) is -0.480. The summed E-state index contributed by atoms with van der Waals surface area (Å²) in [6, 6.07) is 4.23. The zero-order valence-corrected chi connectivity index (χ0v) is 10.7. The van der Waals surface area contributed by atoms with Gasteiger partial charge in [-0.25, -0.2) is 4.39 Å².